The van der Waals surface area contributed by atoms with E-state index < -0.39 is 0 Å². The summed E-state index contributed by atoms with van der Waals surface area (Å²) in [5.41, 5.74) is 0.882. The third kappa shape index (κ3) is 9.05. The zero-order valence-electron chi connectivity index (χ0n) is 19.0. The molecule has 2 N–H and O–H groups in total. The van der Waals surface area contributed by atoms with Gasteiger partial charge in [0.15, 0.2) is 5.96 Å². The van der Waals surface area contributed by atoms with Crippen molar-refractivity contribution in [2.75, 3.05) is 39.9 Å². The molecule has 1 aliphatic rings. The fraction of sp³-hybridized carbons (Fsp3) is 0.696. The van der Waals surface area contributed by atoms with Gasteiger partial charge in [-0.25, -0.2) is 4.99 Å². The molecule has 0 unspecified atom stereocenters. The SMILES string of the molecule is CCNC(=NCc1ccccc1OC(C)(C)C)NC1CCN(CCCOC)CC1. The number of para-hydroxylation sites is 1. The van der Waals surface area contributed by atoms with Crippen molar-refractivity contribution in [1.29, 1.82) is 0 Å². The fourth-order valence-corrected chi connectivity index (χ4v) is 3.47. The van der Waals surface area contributed by atoms with Crippen molar-refractivity contribution in [1.82, 2.24) is 15.5 Å². The summed E-state index contributed by atoms with van der Waals surface area (Å²) in [5, 5.41) is 7.02. The predicted octanol–water partition coefficient (Wildman–Crippen LogP) is 3.42. The quantitative estimate of drug-likeness (QED) is 0.375. The Labute approximate surface area is 177 Å². The minimum atomic E-state index is -0.222. The van der Waals surface area contributed by atoms with Crippen LogP contribution < -0.4 is 15.4 Å². The molecule has 0 spiro atoms. The number of benzene rings is 1. The average molecular weight is 405 g/mol. The topological polar surface area (TPSA) is 58.1 Å². The Morgan fingerprint density at radius 3 is 2.59 bits per heavy atom. The Balaban J connectivity index is 1.91. The lowest BCUT2D eigenvalue weighted by Gasteiger charge is -2.33. The van der Waals surface area contributed by atoms with Gasteiger partial charge in [0.2, 0.25) is 0 Å². The van der Waals surface area contributed by atoms with Crippen LogP contribution in [0.25, 0.3) is 0 Å². The molecule has 0 amide bonds. The molecular weight excluding hydrogens is 364 g/mol. The lowest BCUT2D eigenvalue weighted by Crippen LogP contribution is -2.48. The summed E-state index contributed by atoms with van der Waals surface area (Å²) in [4.78, 5) is 7.36. The standard InChI is InChI=1S/C23H40N4O2/c1-6-24-22(26-20-12-15-27(16-13-20)14-9-17-28-5)25-18-19-10-7-8-11-21(19)29-23(2,3)4/h7-8,10-11,20H,6,9,12-18H2,1-5H3,(H2,24,25,26). The van der Waals surface area contributed by atoms with Crippen molar-refractivity contribution in [3.8, 4) is 5.75 Å². The van der Waals surface area contributed by atoms with Crippen molar-refractivity contribution in [2.24, 2.45) is 4.99 Å². The van der Waals surface area contributed by atoms with Crippen LogP contribution in [0.2, 0.25) is 0 Å². The monoisotopic (exact) mass is 404 g/mol. The first-order chi connectivity index (χ1) is 13.9. The third-order valence-corrected chi connectivity index (χ3v) is 4.89. The maximum atomic E-state index is 6.10. The molecule has 164 valence electrons. The van der Waals surface area contributed by atoms with Crippen LogP contribution in [0.15, 0.2) is 29.3 Å². The van der Waals surface area contributed by atoms with Crippen LogP contribution in [0, 0.1) is 0 Å². The number of hydrogen-bond donors (Lipinski definition) is 2. The van der Waals surface area contributed by atoms with Crippen molar-refractivity contribution in [3.05, 3.63) is 29.8 Å². The van der Waals surface area contributed by atoms with Gasteiger partial charge in [-0.05, 0) is 53.0 Å². The molecule has 0 aliphatic carbocycles. The van der Waals surface area contributed by atoms with Gasteiger partial charge < -0.3 is 25.0 Å². The van der Waals surface area contributed by atoms with Gasteiger partial charge in [-0.3, -0.25) is 0 Å². The Morgan fingerprint density at radius 1 is 1.21 bits per heavy atom. The summed E-state index contributed by atoms with van der Waals surface area (Å²) >= 11 is 0. The van der Waals surface area contributed by atoms with E-state index in [1.807, 2.05) is 18.2 Å². The van der Waals surface area contributed by atoms with E-state index in [1.54, 1.807) is 7.11 Å². The molecule has 6 nitrogen and oxygen atoms in total. The second-order valence-electron chi connectivity index (χ2n) is 8.62. The van der Waals surface area contributed by atoms with Gasteiger partial charge in [0.1, 0.15) is 11.4 Å². The molecule has 0 atom stereocenters. The van der Waals surface area contributed by atoms with Gasteiger partial charge in [-0.15, -0.1) is 0 Å². The van der Waals surface area contributed by atoms with Crippen molar-refractivity contribution < 1.29 is 9.47 Å². The molecule has 29 heavy (non-hydrogen) atoms. The number of likely N-dealkylation sites (tertiary alicyclic amines) is 1. The molecular formula is C23H40N4O2. The minimum Gasteiger partial charge on any atom is -0.488 e. The molecule has 1 heterocycles. The highest BCUT2D eigenvalue weighted by molar-refractivity contribution is 5.80. The molecule has 6 heteroatoms. The van der Waals surface area contributed by atoms with E-state index in [0.29, 0.717) is 12.6 Å². The van der Waals surface area contributed by atoms with Gasteiger partial charge in [0.05, 0.1) is 6.54 Å². The van der Waals surface area contributed by atoms with Crippen molar-refractivity contribution in [3.63, 3.8) is 0 Å². The summed E-state index contributed by atoms with van der Waals surface area (Å²) in [6.45, 7) is 14.0. The first-order valence-corrected chi connectivity index (χ1v) is 10.9. The zero-order chi connectivity index (χ0) is 21.1. The van der Waals surface area contributed by atoms with Crippen LogP contribution in [0.5, 0.6) is 5.75 Å². The molecule has 2 rings (SSSR count). The van der Waals surface area contributed by atoms with Crippen LogP contribution in [0.4, 0.5) is 0 Å². The number of nitrogens with zero attached hydrogens (tertiary/aromatic N) is 2. The molecule has 1 aromatic rings. The molecule has 1 saturated heterocycles. The lowest BCUT2D eigenvalue weighted by atomic mass is 10.1. The van der Waals surface area contributed by atoms with E-state index >= 15 is 0 Å². The summed E-state index contributed by atoms with van der Waals surface area (Å²) in [7, 11) is 1.77. The van der Waals surface area contributed by atoms with Crippen molar-refractivity contribution >= 4 is 5.96 Å². The number of aliphatic imine (C=N–C) groups is 1. The number of guanidine groups is 1. The van der Waals surface area contributed by atoms with Gasteiger partial charge in [0, 0.05) is 51.5 Å². The van der Waals surface area contributed by atoms with E-state index in [1.165, 1.54) is 0 Å². The minimum absolute atomic E-state index is 0.222. The van der Waals surface area contributed by atoms with E-state index in [-0.39, 0.29) is 5.60 Å². The molecule has 0 aromatic heterocycles. The zero-order valence-corrected chi connectivity index (χ0v) is 19.0. The number of nitrogens with one attached hydrogen (secondary N) is 2. The second kappa shape index (κ2) is 12.0. The lowest BCUT2D eigenvalue weighted by molar-refractivity contribution is 0.129. The number of rotatable bonds is 9. The molecule has 0 saturated carbocycles. The number of piperidine rings is 1. The normalized spacial score (nSPS) is 16.7. The first kappa shape index (κ1) is 23.5. The average Bonchev–Trinajstić information content (AvgIpc) is 2.67. The predicted molar refractivity (Wildman–Crippen MR) is 121 cm³/mol. The Morgan fingerprint density at radius 2 is 1.93 bits per heavy atom. The highest BCUT2D eigenvalue weighted by Crippen LogP contribution is 2.23. The smallest absolute Gasteiger partial charge is 0.191 e. The van der Waals surface area contributed by atoms with Crippen LogP contribution in [0.1, 0.15) is 52.5 Å². The van der Waals surface area contributed by atoms with Crippen LogP contribution in [-0.2, 0) is 11.3 Å². The Bertz CT molecular complexity index is 620. The van der Waals surface area contributed by atoms with Gasteiger partial charge >= 0.3 is 0 Å². The van der Waals surface area contributed by atoms with E-state index in [2.05, 4.69) is 49.3 Å². The molecule has 0 bridgehead atoms. The molecule has 1 fully saturated rings. The van der Waals surface area contributed by atoms with Crippen molar-refractivity contribution in [2.45, 2.75) is 65.1 Å². The highest BCUT2D eigenvalue weighted by atomic mass is 16.5. The fourth-order valence-electron chi connectivity index (χ4n) is 3.47. The number of ether oxygens (including phenoxy) is 2. The van der Waals surface area contributed by atoms with Crippen LogP contribution in [0.3, 0.4) is 0 Å². The highest BCUT2D eigenvalue weighted by Gasteiger charge is 2.20. The summed E-state index contributed by atoms with van der Waals surface area (Å²) < 4.78 is 11.3. The molecule has 1 aromatic carbocycles. The Kier molecular flexibility index (Phi) is 9.74. The maximum absolute atomic E-state index is 6.10. The second-order valence-corrected chi connectivity index (χ2v) is 8.62. The molecule has 0 radical (unpaired) electrons. The van der Waals surface area contributed by atoms with Gasteiger partial charge in [-0.1, -0.05) is 18.2 Å². The van der Waals surface area contributed by atoms with E-state index in [4.69, 9.17) is 14.5 Å². The summed E-state index contributed by atoms with van der Waals surface area (Å²) in [6.07, 6.45) is 3.39. The number of hydrogen-bond acceptors (Lipinski definition) is 4. The third-order valence-electron chi connectivity index (χ3n) is 4.89. The van der Waals surface area contributed by atoms with Gasteiger partial charge in [0.25, 0.3) is 0 Å². The first-order valence-electron chi connectivity index (χ1n) is 10.9. The maximum Gasteiger partial charge on any atom is 0.191 e. The summed E-state index contributed by atoms with van der Waals surface area (Å²) in [6, 6.07) is 8.63. The van der Waals surface area contributed by atoms with Gasteiger partial charge in [-0.2, -0.15) is 0 Å². The van der Waals surface area contributed by atoms with E-state index in [9.17, 15) is 0 Å². The Hall–Kier alpha value is -1.79. The van der Waals surface area contributed by atoms with Crippen LogP contribution in [-0.4, -0.2) is 62.4 Å². The summed E-state index contributed by atoms with van der Waals surface area (Å²) in [5.74, 6) is 1.79. The van der Waals surface area contributed by atoms with E-state index in [0.717, 1.165) is 69.3 Å². The molecule has 1 aliphatic heterocycles. The number of methoxy groups -OCH3 is 1. The largest absolute Gasteiger partial charge is 0.488 e. The van der Waals surface area contributed by atoms with Crippen LogP contribution >= 0.6 is 0 Å².